The van der Waals surface area contributed by atoms with Crippen molar-refractivity contribution >= 4 is 23.2 Å². The average Bonchev–Trinajstić information content (AvgIpc) is 3.40. The van der Waals surface area contributed by atoms with E-state index >= 15 is 0 Å². The first-order valence-electron chi connectivity index (χ1n) is 12.4. The number of ether oxygens (including phenoxy) is 4. The summed E-state index contributed by atoms with van der Waals surface area (Å²) < 4.78 is 28.6. The van der Waals surface area contributed by atoms with Crippen LogP contribution in [-0.4, -0.2) is 19.1 Å². The molecule has 0 fully saturated rings. The smallest absolute Gasteiger partial charge is 0.291 e. The number of nitrogens with one attached hydrogen (secondary N) is 1. The van der Waals surface area contributed by atoms with Gasteiger partial charge in [-0.05, 0) is 98.6 Å². The van der Waals surface area contributed by atoms with E-state index in [-0.39, 0.29) is 18.3 Å². The van der Waals surface area contributed by atoms with Gasteiger partial charge in [0.15, 0.2) is 17.3 Å². The maximum absolute atomic E-state index is 12.6. The number of carbonyl (C=O) groups is 1. The Hall–Kier alpha value is -4.10. The van der Waals surface area contributed by atoms with E-state index in [9.17, 15) is 4.79 Å². The molecule has 0 unspecified atom stereocenters. The highest BCUT2D eigenvalue weighted by Gasteiger charge is 2.13. The van der Waals surface area contributed by atoms with E-state index in [1.54, 1.807) is 48.5 Å². The predicted octanol–water partition coefficient (Wildman–Crippen LogP) is 7.45. The fraction of sp³-hybridized carbons (Fsp3) is 0.233. The van der Waals surface area contributed by atoms with Crippen molar-refractivity contribution in [3.05, 3.63) is 100 Å². The standard InChI is InChI=1S/C30H30ClNO6/c1-4-34-27-14-6-21(17-29(27)35-5-2)18-36-23-9-7-22(8-10-23)32-30(33)28-15-12-25(38-28)19-37-24-11-13-26(31)20(3)16-24/h6-17H,4-5,18-19H2,1-3H3,(H,32,33). The first kappa shape index (κ1) is 26.9. The van der Waals surface area contributed by atoms with Crippen molar-refractivity contribution in [1.82, 2.24) is 0 Å². The highest BCUT2D eigenvalue weighted by atomic mass is 35.5. The number of hydrogen-bond acceptors (Lipinski definition) is 6. The molecule has 0 bridgehead atoms. The zero-order chi connectivity index (χ0) is 26.9. The Balaban J connectivity index is 1.28. The molecule has 1 N–H and O–H groups in total. The van der Waals surface area contributed by atoms with Crippen LogP contribution in [-0.2, 0) is 13.2 Å². The van der Waals surface area contributed by atoms with E-state index in [4.69, 9.17) is 35.0 Å². The van der Waals surface area contributed by atoms with Gasteiger partial charge in [0.1, 0.15) is 30.5 Å². The van der Waals surface area contributed by atoms with Crippen molar-refractivity contribution in [3.63, 3.8) is 0 Å². The van der Waals surface area contributed by atoms with Crippen LogP contribution >= 0.6 is 11.6 Å². The van der Waals surface area contributed by atoms with Crippen LogP contribution in [0.25, 0.3) is 0 Å². The van der Waals surface area contributed by atoms with Gasteiger partial charge in [0, 0.05) is 10.7 Å². The van der Waals surface area contributed by atoms with E-state index in [0.29, 0.717) is 59.3 Å². The van der Waals surface area contributed by atoms with Crippen LogP contribution in [0.5, 0.6) is 23.0 Å². The number of rotatable bonds is 12. The van der Waals surface area contributed by atoms with Crippen LogP contribution in [0, 0.1) is 6.92 Å². The average molecular weight is 536 g/mol. The third kappa shape index (κ3) is 7.23. The Morgan fingerprint density at radius 3 is 2.24 bits per heavy atom. The molecule has 38 heavy (non-hydrogen) atoms. The number of benzene rings is 3. The zero-order valence-electron chi connectivity index (χ0n) is 21.6. The molecule has 3 aromatic carbocycles. The minimum Gasteiger partial charge on any atom is -0.490 e. The lowest BCUT2D eigenvalue weighted by Crippen LogP contribution is -2.10. The molecule has 4 aromatic rings. The Bertz CT molecular complexity index is 1370. The fourth-order valence-electron chi connectivity index (χ4n) is 3.62. The molecule has 0 saturated carbocycles. The number of amides is 1. The first-order chi connectivity index (χ1) is 18.4. The molecule has 0 spiro atoms. The lowest BCUT2D eigenvalue weighted by molar-refractivity contribution is 0.0992. The van der Waals surface area contributed by atoms with Crippen LogP contribution in [0.2, 0.25) is 5.02 Å². The minimum atomic E-state index is -0.356. The lowest BCUT2D eigenvalue weighted by Gasteiger charge is -2.13. The Morgan fingerprint density at radius 2 is 1.50 bits per heavy atom. The van der Waals surface area contributed by atoms with Crippen LogP contribution in [0.15, 0.2) is 77.2 Å². The molecule has 0 radical (unpaired) electrons. The third-order valence-electron chi connectivity index (χ3n) is 5.52. The monoisotopic (exact) mass is 535 g/mol. The molecule has 8 heteroatoms. The number of carbonyl (C=O) groups excluding carboxylic acids is 1. The van der Waals surface area contributed by atoms with E-state index < -0.39 is 0 Å². The molecule has 0 aliphatic heterocycles. The normalized spacial score (nSPS) is 10.6. The van der Waals surface area contributed by atoms with E-state index in [2.05, 4.69) is 5.32 Å². The molecule has 0 aliphatic carbocycles. The van der Waals surface area contributed by atoms with Crippen LogP contribution in [0.3, 0.4) is 0 Å². The Kier molecular flexibility index (Phi) is 9.16. The number of hydrogen-bond donors (Lipinski definition) is 1. The van der Waals surface area contributed by atoms with Gasteiger partial charge in [-0.1, -0.05) is 17.7 Å². The van der Waals surface area contributed by atoms with Crippen molar-refractivity contribution in [2.75, 3.05) is 18.5 Å². The SMILES string of the molecule is CCOc1ccc(COc2ccc(NC(=O)c3ccc(COc4ccc(Cl)c(C)c4)o3)cc2)cc1OCC. The van der Waals surface area contributed by atoms with Gasteiger partial charge in [-0.3, -0.25) is 4.79 Å². The molecular formula is C30H30ClNO6. The summed E-state index contributed by atoms with van der Waals surface area (Å²) in [5.74, 6) is 3.13. The largest absolute Gasteiger partial charge is 0.490 e. The van der Waals surface area contributed by atoms with E-state index in [0.717, 1.165) is 11.1 Å². The molecule has 198 valence electrons. The summed E-state index contributed by atoms with van der Waals surface area (Å²) in [6.45, 7) is 7.45. The maximum atomic E-state index is 12.6. The van der Waals surface area contributed by atoms with Crippen LogP contribution in [0.4, 0.5) is 5.69 Å². The van der Waals surface area contributed by atoms with E-state index in [1.807, 2.05) is 45.0 Å². The maximum Gasteiger partial charge on any atom is 0.291 e. The Morgan fingerprint density at radius 1 is 0.789 bits per heavy atom. The minimum absolute atomic E-state index is 0.191. The summed E-state index contributed by atoms with van der Waals surface area (Å²) in [6, 6.07) is 21.6. The molecule has 4 rings (SSSR count). The quantitative estimate of drug-likeness (QED) is 0.203. The highest BCUT2D eigenvalue weighted by Crippen LogP contribution is 2.29. The first-order valence-corrected chi connectivity index (χ1v) is 12.7. The summed E-state index contributed by atoms with van der Waals surface area (Å²) in [7, 11) is 0. The number of aryl methyl sites for hydroxylation is 1. The van der Waals surface area contributed by atoms with Crippen molar-refractivity contribution in [2.45, 2.75) is 34.0 Å². The summed E-state index contributed by atoms with van der Waals surface area (Å²) in [4.78, 5) is 12.6. The molecule has 7 nitrogen and oxygen atoms in total. The third-order valence-corrected chi connectivity index (χ3v) is 5.95. The second kappa shape index (κ2) is 12.9. The summed E-state index contributed by atoms with van der Waals surface area (Å²) in [5, 5.41) is 3.50. The lowest BCUT2D eigenvalue weighted by atomic mass is 10.2. The van der Waals surface area contributed by atoms with Crippen molar-refractivity contribution in [2.24, 2.45) is 0 Å². The van der Waals surface area contributed by atoms with Crippen LogP contribution in [0.1, 0.15) is 41.3 Å². The van der Waals surface area contributed by atoms with Crippen LogP contribution < -0.4 is 24.3 Å². The predicted molar refractivity (Wildman–Crippen MR) is 147 cm³/mol. The zero-order valence-corrected chi connectivity index (χ0v) is 22.3. The number of halogens is 1. The molecule has 1 amide bonds. The summed E-state index contributed by atoms with van der Waals surface area (Å²) in [5.41, 5.74) is 2.50. The molecule has 1 heterocycles. The second-order valence-corrected chi connectivity index (χ2v) is 8.79. The van der Waals surface area contributed by atoms with Gasteiger partial charge in [0.25, 0.3) is 5.91 Å². The molecule has 0 atom stereocenters. The van der Waals surface area contributed by atoms with Gasteiger partial charge in [0.05, 0.1) is 13.2 Å². The van der Waals surface area contributed by atoms with Gasteiger partial charge < -0.3 is 28.7 Å². The summed E-state index contributed by atoms with van der Waals surface area (Å²) >= 11 is 6.05. The number of furan rings is 1. The van der Waals surface area contributed by atoms with Gasteiger partial charge >= 0.3 is 0 Å². The molecular weight excluding hydrogens is 506 g/mol. The fourth-order valence-corrected chi connectivity index (χ4v) is 3.74. The van der Waals surface area contributed by atoms with Crippen molar-refractivity contribution in [3.8, 4) is 23.0 Å². The molecule has 0 aliphatic rings. The van der Waals surface area contributed by atoms with Gasteiger partial charge in [-0.15, -0.1) is 0 Å². The van der Waals surface area contributed by atoms with Crippen molar-refractivity contribution < 1.29 is 28.2 Å². The number of anilines is 1. The van der Waals surface area contributed by atoms with E-state index in [1.165, 1.54) is 0 Å². The highest BCUT2D eigenvalue weighted by molar-refractivity contribution is 6.31. The van der Waals surface area contributed by atoms with Gasteiger partial charge in [0.2, 0.25) is 0 Å². The molecule has 1 aromatic heterocycles. The van der Waals surface area contributed by atoms with Gasteiger partial charge in [-0.25, -0.2) is 0 Å². The topological polar surface area (TPSA) is 79.2 Å². The second-order valence-electron chi connectivity index (χ2n) is 8.38. The Labute approximate surface area is 227 Å². The summed E-state index contributed by atoms with van der Waals surface area (Å²) in [6.07, 6.45) is 0. The van der Waals surface area contributed by atoms with Gasteiger partial charge in [-0.2, -0.15) is 0 Å². The van der Waals surface area contributed by atoms with Crippen molar-refractivity contribution in [1.29, 1.82) is 0 Å². The molecule has 0 saturated heterocycles.